The normalized spacial score (nSPS) is 14.0. The third-order valence-electron chi connectivity index (χ3n) is 3.58. The van der Waals surface area contributed by atoms with Crippen LogP contribution < -0.4 is 5.32 Å². The molecule has 1 fully saturated rings. The fraction of sp³-hybridized carbons (Fsp3) is 0.200. The third-order valence-corrected chi connectivity index (χ3v) is 3.58. The molecular weight excluding hydrogens is 280 g/mol. The van der Waals surface area contributed by atoms with Crippen molar-refractivity contribution in [2.45, 2.75) is 18.8 Å². The number of nitrogens with zero attached hydrogens (tertiary/aromatic N) is 3. The molecule has 0 radical (unpaired) electrons. The molecule has 0 aliphatic heterocycles. The molecule has 7 heteroatoms. The van der Waals surface area contributed by atoms with E-state index in [9.17, 15) is 4.79 Å². The Morgan fingerprint density at radius 1 is 1.14 bits per heavy atom. The van der Waals surface area contributed by atoms with Gasteiger partial charge in [0.2, 0.25) is 5.95 Å². The van der Waals surface area contributed by atoms with Gasteiger partial charge in [-0.05, 0) is 18.9 Å². The number of carbonyl (C=O) groups excluding carboxylic acids is 1. The molecule has 0 atom stereocenters. The van der Waals surface area contributed by atoms with E-state index in [2.05, 4.69) is 30.7 Å². The predicted molar refractivity (Wildman–Crippen MR) is 80.3 cm³/mol. The molecule has 0 saturated heterocycles. The van der Waals surface area contributed by atoms with Crippen LogP contribution in [0.5, 0.6) is 0 Å². The number of aromatic nitrogens is 5. The van der Waals surface area contributed by atoms with E-state index in [-0.39, 0.29) is 5.91 Å². The van der Waals surface area contributed by atoms with Crippen LogP contribution in [0.15, 0.2) is 36.4 Å². The lowest BCUT2D eigenvalue weighted by Gasteiger charge is -1.96. The van der Waals surface area contributed by atoms with E-state index >= 15 is 0 Å². The molecular formula is C15H14N6O. The lowest BCUT2D eigenvalue weighted by molar-refractivity contribution is 0.102. The van der Waals surface area contributed by atoms with Crippen molar-refractivity contribution < 1.29 is 4.79 Å². The Balaban J connectivity index is 1.49. The molecule has 1 aliphatic carbocycles. The van der Waals surface area contributed by atoms with Crippen LogP contribution in [0.3, 0.4) is 0 Å². The third kappa shape index (κ3) is 2.48. The monoisotopic (exact) mass is 294 g/mol. The number of hydrogen-bond donors (Lipinski definition) is 3. The summed E-state index contributed by atoms with van der Waals surface area (Å²) in [6.45, 7) is 0. The van der Waals surface area contributed by atoms with Crippen LogP contribution >= 0.6 is 0 Å². The maximum absolute atomic E-state index is 12.2. The standard InChI is InChI=1S/C15H14N6O/c22-14(17-15-16-13(20-21-15)10-6-7-10)12-8-11(18-19-12)9-4-2-1-3-5-9/h1-5,8,10H,6-7H2,(H,18,19)(H2,16,17,20,21,22). The first kappa shape index (κ1) is 12.8. The second-order valence-electron chi connectivity index (χ2n) is 5.31. The van der Waals surface area contributed by atoms with Gasteiger partial charge in [-0.25, -0.2) is 0 Å². The Labute approximate surface area is 126 Å². The van der Waals surface area contributed by atoms with Crippen molar-refractivity contribution in [1.29, 1.82) is 0 Å². The average Bonchev–Trinajstić information content (AvgIpc) is 3.10. The molecule has 1 amide bonds. The molecule has 3 N–H and O–H groups in total. The average molecular weight is 294 g/mol. The molecule has 1 saturated carbocycles. The number of anilines is 1. The molecule has 7 nitrogen and oxygen atoms in total. The highest BCUT2D eigenvalue weighted by atomic mass is 16.2. The van der Waals surface area contributed by atoms with Crippen molar-refractivity contribution in [3.8, 4) is 11.3 Å². The predicted octanol–water partition coefficient (Wildman–Crippen LogP) is 2.32. The second-order valence-corrected chi connectivity index (χ2v) is 5.31. The molecule has 2 aromatic heterocycles. The van der Waals surface area contributed by atoms with Gasteiger partial charge in [0.05, 0.1) is 5.69 Å². The van der Waals surface area contributed by atoms with E-state index in [0.29, 0.717) is 17.6 Å². The van der Waals surface area contributed by atoms with Crippen molar-refractivity contribution in [3.05, 3.63) is 47.9 Å². The van der Waals surface area contributed by atoms with Gasteiger partial charge in [0, 0.05) is 11.5 Å². The molecule has 2 heterocycles. The topological polar surface area (TPSA) is 99.3 Å². The van der Waals surface area contributed by atoms with Gasteiger partial charge in [0.25, 0.3) is 5.91 Å². The quantitative estimate of drug-likeness (QED) is 0.687. The van der Waals surface area contributed by atoms with Gasteiger partial charge in [0.15, 0.2) is 0 Å². The highest BCUT2D eigenvalue weighted by Crippen LogP contribution is 2.38. The Bertz CT molecular complexity index is 802. The lowest BCUT2D eigenvalue weighted by Crippen LogP contribution is -2.13. The summed E-state index contributed by atoms with van der Waals surface area (Å²) < 4.78 is 0. The van der Waals surface area contributed by atoms with Gasteiger partial charge in [-0.15, -0.1) is 5.10 Å². The SMILES string of the molecule is O=C(Nc1n[nH]c(C2CC2)n1)c1cc(-c2ccccc2)n[nH]1. The van der Waals surface area contributed by atoms with Crippen LogP contribution in [-0.4, -0.2) is 31.3 Å². The smallest absolute Gasteiger partial charge is 0.276 e. The van der Waals surface area contributed by atoms with Crippen molar-refractivity contribution in [2.75, 3.05) is 5.32 Å². The van der Waals surface area contributed by atoms with Crippen LogP contribution in [-0.2, 0) is 0 Å². The molecule has 0 unspecified atom stereocenters. The largest absolute Gasteiger partial charge is 0.288 e. The Morgan fingerprint density at radius 2 is 1.95 bits per heavy atom. The molecule has 110 valence electrons. The molecule has 1 aliphatic rings. The molecule has 0 spiro atoms. The highest BCUT2D eigenvalue weighted by molar-refractivity contribution is 6.02. The number of hydrogen-bond acceptors (Lipinski definition) is 4. The molecule has 3 aromatic rings. The zero-order valence-electron chi connectivity index (χ0n) is 11.7. The van der Waals surface area contributed by atoms with E-state index in [1.807, 2.05) is 30.3 Å². The number of H-pyrrole nitrogens is 2. The number of carbonyl (C=O) groups is 1. The van der Waals surface area contributed by atoms with Crippen LogP contribution in [0, 0.1) is 0 Å². The first-order chi connectivity index (χ1) is 10.8. The number of amides is 1. The number of nitrogens with one attached hydrogen (secondary N) is 3. The first-order valence-corrected chi connectivity index (χ1v) is 7.14. The van der Waals surface area contributed by atoms with E-state index in [1.54, 1.807) is 6.07 Å². The van der Waals surface area contributed by atoms with E-state index in [1.165, 1.54) is 0 Å². The summed E-state index contributed by atoms with van der Waals surface area (Å²) in [5.74, 6) is 1.29. The Hall–Kier alpha value is -2.96. The van der Waals surface area contributed by atoms with Gasteiger partial charge in [-0.2, -0.15) is 10.1 Å². The summed E-state index contributed by atoms with van der Waals surface area (Å²) in [5, 5.41) is 16.4. The zero-order valence-corrected chi connectivity index (χ0v) is 11.7. The summed E-state index contributed by atoms with van der Waals surface area (Å²) in [6.07, 6.45) is 2.26. The van der Waals surface area contributed by atoms with Crippen LogP contribution in [0.1, 0.15) is 35.1 Å². The van der Waals surface area contributed by atoms with Crippen molar-refractivity contribution in [1.82, 2.24) is 25.4 Å². The fourth-order valence-electron chi connectivity index (χ4n) is 2.23. The zero-order chi connectivity index (χ0) is 14.9. The second kappa shape index (κ2) is 5.10. The van der Waals surface area contributed by atoms with E-state index in [0.717, 1.165) is 29.9 Å². The maximum atomic E-state index is 12.2. The van der Waals surface area contributed by atoms with Crippen molar-refractivity contribution >= 4 is 11.9 Å². The highest BCUT2D eigenvalue weighted by Gasteiger charge is 2.27. The minimum absolute atomic E-state index is 0.294. The summed E-state index contributed by atoms with van der Waals surface area (Å²) in [6, 6.07) is 11.4. The lowest BCUT2D eigenvalue weighted by atomic mass is 10.1. The summed E-state index contributed by atoms with van der Waals surface area (Å²) in [5.41, 5.74) is 2.04. The van der Waals surface area contributed by atoms with E-state index < -0.39 is 0 Å². The van der Waals surface area contributed by atoms with Crippen LogP contribution in [0.2, 0.25) is 0 Å². The maximum Gasteiger partial charge on any atom is 0.276 e. The van der Waals surface area contributed by atoms with Crippen LogP contribution in [0.4, 0.5) is 5.95 Å². The number of rotatable bonds is 4. The van der Waals surface area contributed by atoms with E-state index in [4.69, 9.17) is 0 Å². The molecule has 1 aromatic carbocycles. The first-order valence-electron chi connectivity index (χ1n) is 7.14. The summed E-state index contributed by atoms with van der Waals surface area (Å²) >= 11 is 0. The minimum atomic E-state index is -0.309. The fourth-order valence-corrected chi connectivity index (χ4v) is 2.23. The summed E-state index contributed by atoms with van der Waals surface area (Å²) in [4.78, 5) is 16.4. The van der Waals surface area contributed by atoms with Gasteiger partial charge < -0.3 is 0 Å². The van der Waals surface area contributed by atoms with Gasteiger partial charge >= 0.3 is 0 Å². The van der Waals surface area contributed by atoms with Gasteiger partial charge in [-0.3, -0.25) is 20.3 Å². The van der Waals surface area contributed by atoms with Gasteiger partial charge in [-0.1, -0.05) is 30.3 Å². The molecule has 0 bridgehead atoms. The minimum Gasteiger partial charge on any atom is -0.288 e. The molecule has 22 heavy (non-hydrogen) atoms. The van der Waals surface area contributed by atoms with Crippen molar-refractivity contribution in [3.63, 3.8) is 0 Å². The van der Waals surface area contributed by atoms with Gasteiger partial charge in [0.1, 0.15) is 11.5 Å². The molecule has 4 rings (SSSR count). The van der Waals surface area contributed by atoms with Crippen LogP contribution in [0.25, 0.3) is 11.3 Å². The Kier molecular flexibility index (Phi) is 2.96. The van der Waals surface area contributed by atoms with Crippen molar-refractivity contribution in [2.24, 2.45) is 0 Å². The number of benzene rings is 1. The number of aromatic amines is 2. The summed E-state index contributed by atoms with van der Waals surface area (Å²) in [7, 11) is 0. The Morgan fingerprint density at radius 3 is 2.73 bits per heavy atom.